The second-order valence-corrected chi connectivity index (χ2v) is 5.08. The fourth-order valence-electron chi connectivity index (χ4n) is 1.93. The maximum absolute atomic E-state index is 5.60. The van der Waals surface area contributed by atoms with Gasteiger partial charge in [-0.25, -0.2) is 0 Å². The van der Waals surface area contributed by atoms with Gasteiger partial charge in [-0.1, -0.05) is 0 Å². The number of methoxy groups -OCH3 is 1. The van der Waals surface area contributed by atoms with Crippen molar-refractivity contribution in [1.29, 1.82) is 0 Å². The lowest BCUT2D eigenvalue weighted by Gasteiger charge is -2.13. The van der Waals surface area contributed by atoms with E-state index in [0.29, 0.717) is 13.2 Å². The maximum atomic E-state index is 5.60. The molecule has 0 atom stereocenters. The predicted molar refractivity (Wildman–Crippen MR) is 88.4 cm³/mol. The zero-order valence-corrected chi connectivity index (χ0v) is 14.4. The minimum atomic E-state index is 0. The number of nitrogens with one attached hydrogen (secondary N) is 1. The van der Waals surface area contributed by atoms with Crippen molar-refractivity contribution < 1.29 is 13.9 Å². The second-order valence-electron chi connectivity index (χ2n) is 4.22. The third-order valence-electron chi connectivity index (χ3n) is 2.78. The van der Waals surface area contributed by atoms with E-state index in [1.54, 1.807) is 13.4 Å². The summed E-state index contributed by atoms with van der Waals surface area (Å²) < 4.78 is 17.1. The van der Waals surface area contributed by atoms with Crippen LogP contribution in [0.15, 0.2) is 39.4 Å². The lowest BCUT2D eigenvalue weighted by molar-refractivity contribution is 0.309. The molecule has 1 aromatic heterocycles. The highest BCUT2D eigenvalue weighted by Crippen LogP contribution is 2.36. The molecule has 21 heavy (non-hydrogen) atoms. The van der Waals surface area contributed by atoms with E-state index in [9.17, 15) is 0 Å². The first-order valence-electron chi connectivity index (χ1n) is 6.47. The standard InChI is InChI=1S/C15H18BrNO3.ClH/c1-3-19-14-8-11(7-13(16)15(14)18-2)9-17-10-12-5-4-6-20-12;/h4-8,17H,3,9-10H2,1-2H3;1H. The van der Waals surface area contributed by atoms with Crippen molar-refractivity contribution in [3.8, 4) is 11.5 Å². The first-order valence-corrected chi connectivity index (χ1v) is 7.26. The molecule has 4 nitrogen and oxygen atoms in total. The highest BCUT2D eigenvalue weighted by Gasteiger charge is 2.11. The molecular weight excluding hydrogens is 358 g/mol. The number of rotatable bonds is 7. The van der Waals surface area contributed by atoms with Crippen molar-refractivity contribution in [1.82, 2.24) is 5.32 Å². The first-order chi connectivity index (χ1) is 9.74. The number of furan rings is 1. The minimum absolute atomic E-state index is 0. The molecule has 0 saturated heterocycles. The smallest absolute Gasteiger partial charge is 0.174 e. The lowest BCUT2D eigenvalue weighted by atomic mass is 10.2. The highest BCUT2D eigenvalue weighted by molar-refractivity contribution is 9.10. The van der Waals surface area contributed by atoms with Gasteiger partial charge in [0, 0.05) is 6.54 Å². The first kappa shape index (κ1) is 17.9. The Kier molecular flexibility index (Phi) is 7.64. The van der Waals surface area contributed by atoms with Crippen LogP contribution in [-0.2, 0) is 13.1 Å². The Morgan fingerprint density at radius 2 is 2.10 bits per heavy atom. The van der Waals surface area contributed by atoms with Crippen LogP contribution in [-0.4, -0.2) is 13.7 Å². The summed E-state index contributed by atoms with van der Waals surface area (Å²) in [6.45, 7) is 3.98. The largest absolute Gasteiger partial charge is 0.492 e. The molecule has 0 bridgehead atoms. The van der Waals surface area contributed by atoms with Crippen molar-refractivity contribution in [2.24, 2.45) is 0 Å². The van der Waals surface area contributed by atoms with E-state index in [1.165, 1.54) is 0 Å². The molecule has 116 valence electrons. The molecule has 1 aromatic carbocycles. The normalized spacial score (nSPS) is 10.0. The number of benzene rings is 1. The van der Waals surface area contributed by atoms with E-state index in [2.05, 4.69) is 21.2 Å². The molecule has 0 aliphatic carbocycles. The number of hydrogen-bond acceptors (Lipinski definition) is 4. The lowest BCUT2D eigenvalue weighted by Crippen LogP contribution is -2.12. The Labute approximate surface area is 139 Å². The fourth-order valence-corrected chi connectivity index (χ4v) is 2.58. The molecule has 1 N–H and O–H groups in total. The van der Waals surface area contributed by atoms with Crippen LogP contribution in [0, 0.1) is 0 Å². The van der Waals surface area contributed by atoms with Crippen LogP contribution in [0.4, 0.5) is 0 Å². The average Bonchev–Trinajstić information content (AvgIpc) is 2.92. The number of ether oxygens (including phenoxy) is 2. The van der Waals surface area contributed by atoms with Gasteiger partial charge in [-0.3, -0.25) is 0 Å². The molecule has 0 amide bonds. The molecule has 6 heteroatoms. The molecular formula is C15H19BrClNO3. The molecule has 0 aliphatic heterocycles. The summed E-state index contributed by atoms with van der Waals surface area (Å²) >= 11 is 3.51. The molecule has 2 rings (SSSR count). The average molecular weight is 377 g/mol. The Hall–Kier alpha value is -1.17. The topological polar surface area (TPSA) is 43.6 Å². The van der Waals surface area contributed by atoms with Crippen molar-refractivity contribution in [2.45, 2.75) is 20.0 Å². The molecule has 0 aliphatic rings. The summed E-state index contributed by atoms with van der Waals surface area (Å²) in [6.07, 6.45) is 1.67. The Bertz CT molecular complexity index is 546. The van der Waals surface area contributed by atoms with E-state index in [-0.39, 0.29) is 12.4 Å². The zero-order valence-electron chi connectivity index (χ0n) is 12.0. The fraction of sp³-hybridized carbons (Fsp3) is 0.333. The zero-order chi connectivity index (χ0) is 14.4. The summed E-state index contributed by atoms with van der Waals surface area (Å²) in [5, 5.41) is 3.33. The molecule has 0 radical (unpaired) electrons. The van der Waals surface area contributed by atoms with Crippen LogP contribution in [0.5, 0.6) is 11.5 Å². The van der Waals surface area contributed by atoms with Gasteiger partial charge in [0.2, 0.25) is 0 Å². The molecule has 2 aromatic rings. The Balaban J connectivity index is 0.00000220. The van der Waals surface area contributed by atoms with Gasteiger partial charge in [-0.2, -0.15) is 0 Å². The van der Waals surface area contributed by atoms with Gasteiger partial charge in [-0.15, -0.1) is 12.4 Å². The second kappa shape index (κ2) is 8.97. The molecule has 0 fully saturated rings. The van der Waals surface area contributed by atoms with Gasteiger partial charge < -0.3 is 19.2 Å². The van der Waals surface area contributed by atoms with E-state index in [4.69, 9.17) is 13.9 Å². The van der Waals surface area contributed by atoms with E-state index in [1.807, 2.05) is 31.2 Å². The Morgan fingerprint density at radius 1 is 1.29 bits per heavy atom. The minimum Gasteiger partial charge on any atom is -0.492 e. The van der Waals surface area contributed by atoms with Crippen molar-refractivity contribution in [3.63, 3.8) is 0 Å². The SMILES string of the molecule is CCOc1cc(CNCc2ccco2)cc(Br)c1OC.Cl. The van der Waals surface area contributed by atoms with E-state index < -0.39 is 0 Å². The van der Waals surface area contributed by atoms with Crippen molar-refractivity contribution in [2.75, 3.05) is 13.7 Å². The van der Waals surface area contributed by atoms with Crippen LogP contribution in [0.3, 0.4) is 0 Å². The van der Waals surface area contributed by atoms with Crippen molar-refractivity contribution >= 4 is 28.3 Å². The van der Waals surface area contributed by atoms with Crippen LogP contribution in [0.2, 0.25) is 0 Å². The van der Waals surface area contributed by atoms with Crippen LogP contribution >= 0.6 is 28.3 Å². The van der Waals surface area contributed by atoms with Crippen LogP contribution < -0.4 is 14.8 Å². The van der Waals surface area contributed by atoms with Gasteiger partial charge in [0.25, 0.3) is 0 Å². The van der Waals surface area contributed by atoms with Gasteiger partial charge >= 0.3 is 0 Å². The monoisotopic (exact) mass is 375 g/mol. The third-order valence-corrected chi connectivity index (χ3v) is 3.37. The maximum Gasteiger partial charge on any atom is 0.174 e. The summed E-state index contributed by atoms with van der Waals surface area (Å²) in [4.78, 5) is 0. The number of halogens is 2. The van der Waals surface area contributed by atoms with Gasteiger partial charge in [-0.05, 0) is 52.7 Å². The molecule has 1 heterocycles. The third kappa shape index (κ3) is 4.95. The summed E-state index contributed by atoms with van der Waals surface area (Å²) in [5.41, 5.74) is 1.12. The van der Waals surface area contributed by atoms with Gasteiger partial charge in [0.1, 0.15) is 5.76 Å². The summed E-state index contributed by atoms with van der Waals surface area (Å²) in [6, 6.07) is 7.84. The predicted octanol–water partition coefficient (Wildman–Crippen LogP) is 4.16. The molecule has 0 spiro atoms. The quantitative estimate of drug-likeness (QED) is 0.788. The number of hydrogen-bond donors (Lipinski definition) is 1. The molecule has 0 unspecified atom stereocenters. The van der Waals surface area contributed by atoms with Gasteiger partial charge in [0.15, 0.2) is 11.5 Å². The highest BCUT2D eigenvalue weighted by atomic mass is 79.9. The van der Waals surface area contributed by atoms with Crippen molar-refractivity contribution in [3.05, 3.63) is 46.3 Å². The van der Waals surface area contributed by atoms with Gasteiger partial charge in [0.05, 0.1) is 31.0 Å². The van der Waals surface area contributed by atoms with Crippen LogP contribution in [0.1, 0.15) is 18.2 Å². The van der Waals surface area contributed by atoms with E-state index >= 15 is 0 Å². The summed E-state index contributed by atoms with van der Waals surface area (Å²) in [5.74, 6) is 2.39. The van der Waals surface area contributed by atoms with Crippen LogP contribution in [0.25, 0.3) is 0 Å². The van der Waals surface area contributed by atoms with E-state index in [0.717, 1.165) is 33.8 Å². The summed E-state index contributed by atoms with van der Waals surface area (Å²) in [7, 11) is 1.64. The Morgan fingerprint density at radius 3 is 2.71 bits per heavy atom. The molecule has 0 saturated carbocycles.